The van der Waals surface area contributed by atoms with Crippen LogP contribution in [0.1, 0.15) is 13.8 Å². The molecule has 0 saturated heterocycles. The van der Waals surface area contributed by atoms with Crippen LogP contribution in [0.4, 0.5) is 0 Å². The molecule has 0 radical (unpaired) electrons. The van der Waals surface area contributed by atoms with Crippen molar-refractivity contribution in [3.05, 3.63) is 52.5 Å². The molecule has 29 heavy (non-hydrogen) atoms. The lowest BCUT2D eigenvalue weighted by Gasteiger charge is -2.12. The summed E-state index contributed by atoms with van der Waals surface area (Å²) in [7, 11) is 0. The van der Waals surface area contributed by atoms with Crippen LogP contribution >= 0.6 is 30.3 Å². The van der Waals surface area contributed by atoms with Gasteiger partial charge in [0.25, 0.3) is 0 Å². The van der Waals surface area contributed by atoms with Crippen LogP contribution < -0.4 is 0 Å². The maximum absolute atomic E-state index is 9.00. The number of hydrogen-bond donors (Lipinski definition) is 3. The minimum absolute atomic E-state index is 0.397. The van der Waals surface area contributed by atoms with E-state index in [0.29, 0.717) is 24.2 Å². The minimum atomic E-state index is -2.86. The molecule has 0 fully saturated rings. The van der Waals surface area contributed by atoms with Crippen molar-refractivity contribution >= 4 is 63.3 Å². The lowest BCUT2D eigenvalue weighted by atomic mass is 10.3. The number of H-pyrrole nitrogens is 1. The number of hydrogen-bond acceptors (Lipinski definition) is 8. The smallest absolute Gasteiger partial charge is 0.324 e. The molecule has 0 atom stereocenters. The van der Waals surface area contributed by atoms with Crippen LogP contribution in [0.15, 0.2) is 48.5 Å². The van der Waals surface area contributed by atoms with Gasteiger partial charge in [0.2, 0.25) is 0 Å². The molecule has 2 aromatic carbocycles. The van der Waals surface area contributed by atoms with E-state index in [0.717, 1.165) is 14.3 Å². The number of benzene rings is 2. The number of fused-ring (bicyclic) bond motifs is 2. The number of nitrogens with zero attached hydrogens (tertiary/aromatic N) is 3. The Labute approximate surface area is 181 Å². The third-order valence-corrected chi connectivity index (χ3v) is 6.26. The molecule has 4 aromatic rings. The average Bonchev–Trinajstić information content (AvgIpc) is 3.25. The normalized spacial score (nSPS) is 10.9. The zero-order valence-corrected chi connectivity index (χ0v) is 19.1. The lowest BCUT2D eigenvalue weighted by Crippen LogP contribution is -1.92. The molecule has 8 nitrogen and oxygen atoms in total. The predicted molar refractivity (Wildman–Crippen MR) is 121 cm³/mol. The maximum Gasteiger partial charge on any atom is 0.324 e. The van der Waals surface area contributed by atoms with E-state index in [1.165, 1.54) is 4.70 Å². The summed E-state index contributed by atoms with van der Waals surface area (Å²) < 4.78 is 11.5. The molecular weight excluding hydrogens is 451 g/mol. The molecule has 156 valence electrons. The van der Waals surface area contributed by atoms with Gasteiger partial charge in [0.15, 0.2) is 3.95 Å². The first-order chi connectivity index (χ1) is 13.9. The Morgan fingerprint density at radius 1 is 1.10 bits per heavy atom. The largest absolute Gasteiger partial charge is 0.410 e. The molecule has 0 saturated carbocycles. The Morgan fingerprint density at radius 3 is 2.34 bits per heavy atom. The molecule has 12 heteroatoms. The van der Waals surface area contributed by atoms with Crippen molar-refractivity contribution in [1.29, 1.82) is 0 Å². The molecule has 0 aliphatic heterocycles. The highest BCUT2D eigenvalue weighted by Crippen LogP contribution is 2.42. The summed E-state index contributed by atoms with van der Waals surface area (Å²) >= 11 is 11.2. The third kappa shape index (κ3) is 7.56. The van der Waals surface area contributed by atoms with Crippen LogP contribution in [0.25, 0.3) is 21.3 Å². The average molecular weight is 473 g/mol. The summed E-state index contributed by atoms with van der Waals surface area (Å²) in [5, 5.41) is 16.1. The van der Waals surface area contributed by atoms with Gasteiger partial charge in [-0.05, 0) is 67.4 Å². The van der Waals surface area contributed by atoms with Gasteiger partial charge < -0.3 is 24.1 Å². The fourth-order valence-electron chi connectivity index (χ4n) is 2.11. The summed E-state index contributed by atoms with van der Waals surface area (Å²) in [6, 6.07) is 15.3. The van der Waals surface area contributed by atoms with Gasteiger partial charge in [0.05, 0.1) is 23.4 Å². The molecule has 0 amide bonds. The number of aromatic nitrogens is 4. The van der Waals surface area contributed by atoms with E-state index >= 15 is 0 Å². The highest BCUT2D eigenvalue weighted by Gasteiger charge is 2.10. The molecule has 4 rings (SSSR count). The predicted octanol–water partition coefficient (Wildman–Crippen LogP) is 4.90. The van der Waals surface area contributed by atoms with Crippen LogP contribution in [0, 0.1) is 3.95 Å². The van der Waals surface area contributed by atoms with Crippen molar-refractivity contribution in [1.82, 2.24) is 20.1 Å². The second-order valence-electron chi connectivity index (χ2n) is 5.28. The minimum Gasteiger partial charge on any atom is -0.410 e. The zero-order chi connectivity index (χ0) is 21.3. The van der Waals surface area contributed by atoms with Gasteiger partial charge in [-0.25, -0.2) is 0 Å². The monoisotopic (exact) mass is 472 g/mol. The summed E-state index contributed by atoms with van der Waals surface area (Å²) in [5.41, 5.74) is 2.46. The Balaban J connectivity index is 0.000000156. The summed E-state index contributed by atoms with van der Waals surface area (Å²) in [6.45, 7) is 1.45. The third-order valence-electron chi connectivity index (χ3n) is 3.25. The molecule has 0 bridgehead atoms. The van der Waals surface area contributed by atoms with Crippen LogP contribution in [0.2, 0.25) is 0 Å². The van der Waals surface area contributed by atoms with E-state index in [1.54, 1.807) is 37.3 Å². The zero-order valence-electron chi connectivity index (χ0n) is 15.8. The van der Waals surface area contributed by atoms with Gasteiger partial charge in [-0.3, -0.25) is 0 Å². The van der Waals surface area contributed by atoms with Gasteiger partial charge in [-0.2, -0.15) is 0 Å². The van der Waals surface area contributed by atoms with Crippen molar-refractivity contribution in [2.24, 2.45) is 0 Å². The Bertz CT molecular complexity index is 1100. The van der Waals surface area contributed by atoms with Gasteiger partial charge >= 0.3 is 6.72 Å². The molecule has 2 aromatic heterocycles. The van der Waals surface area contributed by atoms with Crippen LogP contribution in [0.5, 0.6) is 0 Å². The highest BCUT2D eigenvalue weighted by atomic mass is 32.5. The van der Waals surface area contributed by atoms with Crippen LogP contribution in [-0.4, -0.2) is 43.5 Å². The van der Waals surface area contributed by atoms with Crippen molar-refractivity contribution in [3.63, 3.8) is 0 Å². The molecule has 3 N–H and O–H groups in total. The number of aromatic amines is 1. The first-order valence-electron chi connectivity index (χ1n) is 8.55. The van der Waals surface area contributed by atoms with Crippen LogP contribution in [-0.2, 0) is 20.9 Å². The van der Waals surface area contributed by atoms with E-state index in [9.17, 15) is 0 Å². The number of rotatable bonds is 4. The molecule has 0 spiro atoms. The van der Waals surface area contributed by atoms with E-state index in [1.807, 2.05) is 30.3 Å². The second kappa shape index (κ2) is 11.5. The molecule has 0 unspecified atom stereocenters. The first kappa shape index (κ1) is 23.6. The Hall–Kier alpha value is -1.72. The Morgan fingerprint density at radius 2 is 1.72 bits per heavy atom. The van der Waals surface area contributed by atoms with Crippen LogP contribution in [0.3, 0.4) is 0 Å². The Kier molecular flexibility index (Phi) is 9.31. The van der Waals surface area contributed by atoms with E-state index < -0.39 is 6.72 Å². The summed E-state index contributed by atoms with van der Waals surface area (Å²) in [5.74, 6) is 0. The standard InChI is InChI=1S/C7H5NS2.C6H5N3O.C4H11O3PS/c9-7-8-5-3-1-2-4-6(5)10-7;10-9-6-4-2-1-3-5(6)7-8-9;1-3-6-8(5,9)7-4-2/h1-4H,(H,8,9);1-4,10H;3-4H2,1-2H3,(H,5,9). The SMILES string of the molecule is CCOP(O)(=S)OCC.On1nnc2ccccc21.S=c1[nH]c2ccccc2s1. The molecule has 0 aliphatic rings. The first-order valence-corrected chi connectivity index (χ1v) is 12.4. The number of thiazole rings is 1. The van der Waals surface area contributed by atoms with Gasteiger partial charge in [-0.15, -0.1) is 16.4 Å². The molecule has 2 heterocycles. The van der Waals surface area contributed by atoms with Gasteiger partial charge in [0.1, 0.15) is 11.0 Å². The van der Waals surface area contributed by atoms with E-state index in [2.05, 4.69) is 33.2 Å². The van der Waals surface area contributed by atoms with Crippen molar-refractivity contribution in [2.45, 2.75) is 13.8 Å². The topological polar surface area (TPSA) is 105 Å². The quantitative estimate of drug-likeness (QED) is 0.219. The second-order valence-corrected chi connectivity index (χ2v) is 9.84. The van der Waals surface area contributed by atoms with E-state index in [4.69, 9.17) is 31.4 Å². The fourth-order valence-corrected chi connectivity index (χ4v) is 4.59. The molecule has 0 aliphatic carbocycles. The van der Waals surface area contributed by atoms with Crippen molar-refractivity contribution in [2.75, 3.05) is 13.2 Å². The number of nitrogens with one attached hydrogen (secondary N) is 1. The summed E-state index contributed by atoms with van der Waals surface area (Å²) in [6.07, 6.45) is 0. The highest BCUT2D eigenvalue weighted by molar-refractivity contribution is 8.07. The lowest BCUT2D eigenvalue weighted by molar-refractivity contribution is 0.154. The van der Waals surface area contributed by atoms with Gasteiger partial charge in [0, 0.05) is 0 Å². The molecular formula is C17H21N4O4PS3. The van der Waals surface area contributed by atoms with Crippen molar-refractivity contribution in [3.8, 4) is 0 Å². The van der Waals surface area contributed by atoms with Gasteiger partial charge in [-0.1, -0.05) is 29.1 Å². The fraction of sp³-hybridized carbons (Fsp3) is 0.235. The van der Waals surface area contributed by atoms with Crippen molar-refractivity contribution < 1.29 is 19.1 Å². The summed E-state index contributed by atoms with van der Waals surface area (Å²) in [4.78, 5) is 12.8. The number of para-hydroxylation sites is 2. The maximum atomic E-state index is 9.00. The van der Waals surface area contributed by atoms with E-state index in [-0.39, 0.29) is 0 Å².